The van der Waals surface area contributed by atoms with Gasteiger partial charge in [-0.05, 0) is 36.8 Å². The summed E-state index contributed by atoms with van der Waals surface area (Å²) in [6, 6.07) is 12.6. The summed E-state index contributed by atoms with van der Waals surface area (Å²) in [4.78, 5) is 12.8. The van der Waals surface area contributed by atoms with E-state index in [9.17, 15) is 4.79 Å². The molecule has 21 heavy (non-hydrogen) atoms. The maximum Gasteiger partial charge on any atom is 0.198 e. The van der Waals surface area contributed by atoms with E-state index in [1.54, 1.807) is 25.3 Å². The summed E-state index contributed by atoms with van der Waals surface area (Å²) < 4.78 is 11.6. The summed E-state index contributed by atoms with van der Waals surface area (Å²) in [5.41, 5.74) is 1.11. The number of halogens is 1. The van der Waals surface area contributed by atoms with E-state index in [2.05, 4.69) is 15.9 Å². The van der Waals surface area contributed by atoms with Gasteiger partial charge in [-0.1, -0.05) is 35.0 Å². The van der Waals surface area contributed by atoms with Gasteiger partial charge in [-0.3, -0.25) is 4.79 Å². The molecule has 0 aliphatic heterocycles. The van der Waals surface area contributed by atoms with Crippen LogP contribution in [0.1, 0.15) is 29.3 Å². The van der Waals surface area contributed by atoms with E-state index >= 15 is 0 Å². The highest BCUT2D eigenvalue weighted by Crippen LogP contribution is 2.28. The quantitative estimate of drug-likeness (QED) is 0.722. The normalized spacial score (nSPS) is 10.2. The van der Waals surface area contributed by atoms with Crippen LogP contribution in [0.4, 0.5) is 0 Å². The lowest BCUT2D eigenvalue weighted by atomic mass is 10.0. The van der Waals surface area contributed by atoms with Crippen molar-refractivity contribution in [1.82, 2.24) is 0 Å². The lowest BCUT2D eigenvalue weighted by Crippen LogP contribution is -2.07. The minimum Gasteiger partial charge on any atom is -0.497 e. The van der Waals surface area contributed by atoms with Crippen LogP contribution in [0.3, 0.4) is 0 Å². The Hall–Kier alpha value is -1.81. The molecule has 0 spiro atoms. The van der Waals surface area contributed by atoms with Gasteiger partial charge < -0.3 is 9.47 Å². The van der Waals surface area contributed by atoms with Crippen molar-refractivity contribution >= 4 is 21.7 Å². The van der Waals surface area contributed by atoms with Crippen molar-refractivity contribution in [3.8, 4) is 11.5 Å². The first-order valence-corrected chi connectivity index (χ1v) is 7.56. The molecule has 3 nitrogen and oxygen atoms in total. The minimum absolute atomic E-state index is 0.0903. The van der Waals surface area contributed by atoms with Crippen LogP contribution in [0.15, 0.2) is 46.9 Å². The van der Waals surface area contributed by atoms with Gasteiger partial charge in [0.05, 0.1) is 19.3 Å². The number of methoxy groups -OCH3 is 1. The number of para-hydroxylation sites is 1. The van der Waals surface area contributed by atoms with Crippen LogP contribution in [-0.4, -0.2) is 19.5 Å². The Morgan fingerprint density at radius 2 is 1.90 bits per heavy atom. The molecule has 0 saturated carbocycles. The first-order chi connectivity index (χ1) is 10.2. The molecule has 0 amide bonds. The highest BCUT2D eigenvalue weighted by molar-refractivity contribution is 9.10. The fraction of sp³-hybridized carbons (Fsp3) is 0.235. The molecule has 0 heterocycles. The van der Waals surface area contributed by atoms with Gasteiger partial charge in [0, 0.05) is 10.0 Å². The second-order valence-electron chi connectivity index (χ2n) is 4.52. The number of carbonyl (C=O) groups is 1. The van der Waals surface area contributed by atoms with Crippen molar-refractivity contribution in [1.29, 1.82) is 0 Å². The zero-order valence-corrected chi connectivity index (χ0v) is 13.6. The maximum absolute atomic E-state index is 12.8. The molecule has 0 aliphatic carbocycles. The second-order valence-corrected chi connectivity index (χ2v) is 5.37. The molecule has 0 atom stereocenters. The number of hydrogen-bond acceptors (Lipinski definition) is 3. The minimum atomic E-state index is -0.0903. The molecule has 0 N–H and O–H groups in total. The van der Waals surface area contributed by atoms with E-state index in [0.717, 1.165) is 10.9 Å². The third-order valence-corrected chi connectivity index (χ3v) is 3.70. The van der Waals surface area contributed by atoms with Crippen molar-refractivity contribution in [2.24, 2.45) is 0 Å². The molecule has 2 aromatic rings. The van der Waals surface area contributed by atoms with Crippen LogP contribution < -0.4 is 9.47 Å². The Kier molecular flexibility index (Phi) is 5.39. The Balaban J connectivity index is 2.40. The average Bonchev–Trinajstić information content (AvgIpc) is 2.53. The largest absolute Gasteiger partial charge is 0.497 e. The van der Waals surface area contributed by atoms with Crippen molar-refractivity contribution in [2.75, 3.05) is 13.7 Å². The van der Waals surface area contributed by atoms with Gasteiger partial charge in [0.2, 0.25) is 0 Å². The molecule has 0 radical (unpaired) electrons. The first-order valence-electron chi connectivity index (χ1n) is 6.77. The SMILES string of the molecule is CCCOc1ccccc1C(=O)c1cc(OC)ccc1Br. The molecular formula is C17H17BrO3. The molecule has 0 aromatic heterocycles. The summed E-state index contributed by atoms with van der Waals surface area (Å²) in [7, 11) is 1.58. The zero-order chi connectivity index (χ0) is 15.2. The van der Waals surface area contributed by atoms with Crippen LogP contribution in [-0.2, 0) is 0 Å². The summed E-state index contributed by atoms with van der Waals surface area (Å²) in [5.74, 6) is 1.17. The second kappa shape index (κ2) is 7.27. The fourth-order valence-corrected chi connectivity index (χ4v) is 2.37. The predicted molar refractivity (Wildman–Crippen MR) is 86.4 cm³/mol. The number of carbonyl (C=O) groups excluding carboxylic acids is 1. The highest BCUT2D eigenvalue weighted by Gasteiger charge is 2.17. The Morgan fingerprint density at radius 3 is 2.62 bits per heavy atom. The third-order valence-electron chi connectivity index (χ3n) is 3.01. The third kappa shape index (κ3) is 3.64. The number of ketones is 1. The molecule has 110 valence electrons. The van der Waals surface area contributed by atoms with Gasteiger partial charge in [0.25, 0.3) is 0 Å². The number of ether oxygens (including phenoxy) is 2. The van der Waals surface area contributed by atoms with Crippen molar-refractivity contribution in [2.45, 2.75) is 13.3 Å². The lowest BCUT2D eigenvalue weighted by Gasteiger charge is -2.11. The number of rotatable bonds is 6. The van der Waals surface area contributed by atoms with E-state index in [1.807, 2.05) is 31.2 Å². The molecule has 0 aliphatic rings. The smallest absolute Gasteiger partial charge is 0.198 e. The van der Waals surface area contributed by atoms with Crippen molar-refractivity contribution < 1.29 is 14.3 Å². The molecule has 0 fully saturated rings. The van der Waals surface area contributed by atoms with Gasteiger partial charge in [-0.2, -0.15) is 0 Å². The summed E-state index contributed by atoms with van der Waals surface area (Å²) in [6.07, 6.45) is 0.894. The predicted octanol–water partition coefficient (Wildman–Crippen LogP) is 4.48. The van der Waals surface area contributed by atoms with Gasteiger partial charge >= 0.3 is 0 Å². The van der Waals surface area contributed by atoms with Crippen LogP contribution in [0.5, 0.6) is 11.5 Å². The average molecular weight is 349 g/mol. The van der Waals surface area contributed by atoms with E-state index in [-0.39, 0.29) is 5.78 Å². The van der Waals surface area contributed by atoms with E-state index < -0.39 is 0 Å². The maximum atomic E-state index is 12.8. The van der Waals surface area contributed by atoms with Gasteiger partial charge in [-0.25, -0.2) is 0 Å². The molecular weight excluding hydrogens is 332 g/mol. The molecule has 0 saturated heterocycles. The van der Waals surface area contributed by atoms with Gasteiger partial charge in [-0.15, -0.1) is 0 Å². The molecule has 0 unspecified atom stereocenters. The van der Waals surface area contributed by atoms with E-state index in [1.165, 1.54) is 0 Å². The van der Waals surface area contributed by atoms with Crippen LogP contribution in [0.25, 0.3) is 0 Å². The summed E-state index contributed by atoms with van der Waals surface area (Å²) in [5, 5.41) is 0. The molecule has 2 aromatic carbocycles. The number of benzene rings is 2. The summed E-state index contributed by atoms with van der Waals surface area (Å²) >= 11 is 3.42. The Morgan fingerprint density at radius 1 is 1.14 bits per heavy atom. The monoisotopic (exact) mass is 348 g/mol. The van der Waals surface area contributed by atoms with E-state index in [0.29, 0.717) is 29.2 Å². The van der Waals surface area contributed by atoms with Crippen molar-refractivity contribution in [3.63, 3.8) is 0 Å². The van der Waals surface area contributed by atoms with E-state index in [4.69, 9.17) is 9.47 Å². The topological polar surface area (TPSA) is 35.5 Å². The Bertz CT molecular complexity index is 638. The van der Waals surface area contributed by atoms with Crippen LogP contribution >= 0.6 is 15.9 Å². The standard InChI is InChI=1S/C17H17BrO3/c1-3-10-21-16-7-5-4-6-13(16)17(19)14-11-12(20-2)8-9-15(14)18/h4-9,11H,3,10H2,1-2H3. The van der Waals surface area contributed by atoms with Gasteiger partial charge in [0.15, 0.2) is 5.78 Å². The van der Waals surface area contributed by atoms with Gasteiger partial charge in [0.1, 0.15) is 11.5 Å². The van der Waals surface area contributed by atoms with Crippen LogP contribution in [0, 0.1) is 0 Å². The zero-order valence-electron chi connectivity index (χ0n) is 12.1. The highest BCUT2D eigenvalue weighted by atomic mass is 79.9. The molecule has 2 rings (SSSR count). The van der Waals surface area contributed by atoms with Crippen molar-refractivity contribution in [3.05, 3.63) is 58.1 Å². The number of hydrogen-bond donors (Lipinski definition) is 0. The lowest BCUT2D eigenvalue weighted by molar-refractivity contribution is 0.103. The fourth-order valence-electron chi connectivity index (χ4n) is 1.94. The van der Waals surface area contributed by atoms with Crippen LogP contribution in [0.2, 0.25) is 0 Å². The first kappa shape index (κ1) is 15.6. The molecule has 0 bridgehead atoms. The molecule has 4 heteroatoms. The Labute approximate surface area is 133 Å². The summed E-state index contributed by atoms with van der Waals surface area (Å²) in [6.45, 7) is 2.62.